The average Bonchev–Trinajstić information content (AvgIpc) is 3.23. The lowest BCUT2D eigenvalue weighted by molar-refractivity contribution is -0.173. The molecule has 0 aliphatic carbocycles. The Morgan fingerprint density at radius 1 is 1.06 bits per heavy atom. The zero-order chi connectivity index (χ0) is 25.9. The molecule has 4 aromatic rings. The Hall–Kier alpha value is -3.81. The van der Waals surface area contributed by atoms with Crippen LogP contribution in [0, 0.1) is 6.92 Å². The molecule has 0 aliphatic rings. The summed E-state index contributed by atoms with van der Waals surface area (Å²) in [7, 11) is 0. The second kappa shape index (κ2) is 10.4. The Kier molecular flexibility index (Phi) is 7.33. The maximum absolute atomic E-state index is 12.6. The molecule has 0 bridgehead atoms. The first-order valence-electron chi connectivity index (χ1n) is 11.9. The highest BCUT2D eigenvalue weighted by molar-refractivity contribution is 5.85. The van der Waals surface area contributed by atoms with E-state index in [1.807, 2.05) is 48.6 Å². The first-order valence-corrected chi connectivity index (χ1v) is 11.9. The van der Waals surface area contributed by atoms with Gasteiger partial charge in [0, 0.05) is 19.5 Å². The van der Waals surface area contributed by atoms with Crippen LogP contribution in [-0.2, 0) is 24.3 Å². The SMILES string of the molecule is CCCCc1nc2c(C)ccc(O)c2n1Cc1ccc(-c2ccccc2CNC(=O)C(F)(F)F)cc1. The molecular formula is C28H28F3N3O2. The van der Waals surface area contributed by atoms with Gasteiger partial charge < -0.3 is 15.0 Å². The lowest BCUT2D eigenvalue weighted by Crippen LogP contribution is -2.36. The zero-order valence-electron chi connectivity index (χ0n) is 20.2. The number of alkyl halides is 3. The fourth-order valence-electron chi connectivity index (χ4n) is 4.30. The summed E-state index contributed by atoms with van der Waals surface area (Å²) in [5.74, 6) is -0.846. The molecule has 3 aromatic carbocycles. The summed E-state index contributed by atoms with van der Waals surface area (Å²) in [6, 6.07) is 18.3. The highest BCUT2D eigenvalue weighted by Gasteiger charge is 2.38. The van der Waals surface area contributed by atoms with E-state index in [2.05, 4.69) is 11.5 Å². The van der Waals surface area contributed by atoms with Crippen LogP contribution in [0.4, 0.5) is 13.2 Å². The predicted octanol–water partition coefficient (Wildman–Crippen LogP) is 6.29. The van der Waals surface area contributed by atoms with Gasteiger partial charge in [-0.2, -0.15) is 13.2 Å². The minimum Gasteiger partial charge on any atom is -0.506 e. The number of carbonyl (C=O) groups is 1. The normalized spacial score (nSPS) is 11.7. The molecule has 0 radical (unpaired) electrons. The average molecular weight is 496 g/mol. The molecule has 188 valence electrons. The number of fused-ring (bicyclic) bond motifs is 1. The van der Waals surface area contributed by atoms with E-state index in [1.165, 1.54) is 0 Å². The molecule has 0 saturated carbocycles. The molecule has 0 saturated heterocycles. The number of hydrogen-bond donors (Lipinski definition) is 2. The van der Waals surface area contributed by atoms with Gasteiger partial charge >= 0.3 is 12.1 Å². The summed E-state index contributed by atoms with van der Waals surface area (Å²) >= 11 is 0. The number of nitrogens with zero attached hydrogens (tertiary/aromatic N) is 2. The topological polar surface area (TPSA) is 67.2 Å². The number of hydrogen-bond acceptors (Lipinski definition) is 3. The van der Waals surface area contributed by atoms with Gasteiger partial charge in [0.1, 0.15) is 17.1 Å². The summed E-state index contributed by atoms with van der Waals surface area (Å²) in [5.41, 5.74) is 5.69. The van der Waals surface area contributed by atoms with Crippen LogP contribution in [0.5, 0.6) is 5.75 Å². The Balaban J connectivity index is 1.61. The second-order valence-corrected chi connectivity index (χ2v) is 8.85. The first-order chi connectivity index (χ1) is 17.2. The second-order valence-electron chi connectivity index (χ2n) is 8.85. The molecular weight excluding hydrogens is 467 g/mol. The standard InChI is InChI=1S/C28H28F3N3O2/c1-3-4-9-24-33-25-18(2)10-15-23(35)26(25)34(24)17-19-11-13-20(14-12-19)22-8-6-5-7-21(22)16-32-27(36)28(29,30)31/h5-8,10-15,35H,3-4,9,16-17H2,1-2H3,(H,32,36). The highest BCUT2D eigenvalue weighted by atomic mass is 19.4. The summed E-state index contributed by atoms with van der Waals surface area (Å²) < 4.78 is 39.8. The van der Waals surface area contributed by atoms with Gasteiger partial charge in [-0.3, -0.25) is 4.79 Å². The molecule has 8 heteroatoms. The summed E-state index contributed by atoms with van der Waals surface area (Å²) in [5, 5.41) is 12.5. The summed E-state index contributed by atoms with van der Waals surface area (Å²) in [4.78, 5) is 16.1. The number of carbonyl (C=O) groups excluding carboxylic acids is 1. The van der Waals surface area contributed by atoms with Crippen molar-refractivity contribution in [1.29, 1.82) is 0 Å². The van der Waals surface area contributed by atoms with Gasteiger partial charge in [0.2, 0.25) is 0 Å². The number of aromatic hydroxyl groups is 1. The fraction of sp³-hybridized carbons (Fsp3) is 0.286. The van der Waals surface area contributed by atoms with E-state index in [-0.39, 0.29) is 12.3 Å². The Bertz CT molecular complexity index is 1380. The number of benzene rings is 3. The van der Waals surface area contributed by atoms with E-state index < -0.39 is 12.1 Å². The van der Waals surface area contributed by atoms with Gasteiger partial charge in [-0.25, -0.2) is 4.98 Å². The van der Waals surface area contributed by atoms with Crippen LogP contribution >= 0.6 is 0 Å². The molecule has 0 spiro atoms. The number of unbranched alkanes of at least 4 members (excludes halogenated alkanes) is 1. The maximum Gasteiger partial charge on any atom is 0.471 e. The molecule has 0 aliphatic heterocycles. The third-order valence-electron chi connectivity index (χ3n) is 6.23. The third-order valence-corrected chi connectivity index (χ3v) is 6.23. The predicted molar refractivity (Wildman–Crippen MR) is 134 cm³/mol. The first kappa shape index (κ1) is 25.3. The van der Waals surface area contributed by atoms with Gasteiger partial charge in [-0.05, 0) is 47.2 Å². The molecule has 36 heavy (non-hydrogen) atoms. The van der Waals surface area contributed by atoms with Gasteiger partial charge in [0.25, 0.3) is 0 Å². The van der Waals surface area contributed by atoms with Crippen molar-refractivity contribution in [1.82, 2.24) is 14.9 Å². The van der Waals surface area contributed by atoms with Crippen molar-refractivity contribution in [2.45, 2.75) is 52.4 Å². The van der Waals surface area contributed by atoms with Crippen molar-refractivity contribution >= 4 is 16.9 Å². The van der Waals surface area contributed by atoms with E-state index in [4.69, 9.17) is 4.98 Å². The van der Waals surface area contributed by atoms with E-state index in [9.17, 15) is 23.1 Å². The van der Waals surface area contributed by atoms with Gasteiger partial charge in [-0.15, -0.1) is 0 Å². The van der Waals surface area contributed by atoms with Crippen molar-refractivity contribution in [3.05, 3.63) is 83.2 Å². The van der Waals surface area contributed by atoms with Gasteiger partial charge in [0.15, 0.2) is 0 Å². The molecule has 2 N–H and O–H groups in total. The van der Waals surface area contributed by atoms with Gasteiger partial charge in [-0.1, -0.05) is 67.9 Å². The van der Waals surface area contributed by atoms with Crippen molar-refractivity contribution in [3.63, 3.8) is 0 Å². The van der Waals surface area contributed by atoms with Crippen LogP contribution in [0.1, 0.15) is 42.3 Å². The molecule has 1 amide bonds. The van der Waals surface area contributed by atoms with E-state index in [0.29, 0.717) is 12.1 Å². The van der Waals surface area contributed by atoms with Crippen molar-refractivity contribution in [2.24, 2.45) is 0 Å². The quantitative estimate of drug-likeness (QED) is 0.302. The molecule has 0 atom stereocenters. The van der Waals surface area contributed by atoms with Crippen molar-refractivity contribution in [2.75, 3.05) is 0 Å². The molecule has 0 unspecified atom stereocenters. The molecule has 1 heterocycles. The Morgan fingerprint density at radius 2 is 1.78 bits per heavy atom. The number of halogens is 3. The van der Waals surface area contributed by atoms with Crippen LogP contribution in [0.25, 0.3) is 22.2 Å². The smallest absolute Gasteiger partial charge is 0.471 e. The van der Waals surface area contributed by atoms with E-state index >= 15 is 0 Å². The lowest BCUT2D eigenvalue weighted by atomic mass is 9.98. The molecule has 4 rings (SSSR count). The number of phenolic OH excluding ortho intramolecular Hbond substituents is 1. The van der Waals surface area contributed by atoms with Gasteiger partial charge in [0.05, 0.1) is 5.52 Å². The van der Waals surface area contributed by atoms with Crippen molar-refractivity contribution < 1.29 is 23.1 Å². The molecule has 1 aromatic heterocycles. The minimum atomic E-state index is -4.92. The zero-order valence-corrected chi connectivity index (χ0v) is 20.2. The van der Waals surface area contributed by atoms with Crippen LogP contribution in [0.15, 0.2) is 60.7 Å². The number of imidazole rings is 1. The fourth-order valence-corrected chi connectivity index (χ4v) is 4.30. The number of aromatic nitrogens is 2. The number of amides is 1. The number of aryl methyl sites for hydroxylation is 2. The summed E-state index contributed by atoms with van der Waals surface area (Å²) in [6.07, 6.45) is -2.09. The molecule has 0 fully saturated rings. The summed E-state index contributed by atoms with van der Waals surface area (Å²) in [6.45, 7) is 4.40. The Labute approximate surface area is 207 Å². The van der Waals surface area contributed by atoms with Crippen LogP contribution in [0.3, 0.4) is 0 Å². The number of nitrogens with one attached hydrogen (secondary N) is 1. The van der Waals surface area contributed by atoms with E-state index in [0.717, 1.165) is 58.4 Å². The number of rotatable bonds is 8. The van der Waals surface area contributed by atoms with Crippen LogP contribution in [-0.4, -0.2) is 26.7 Å². The van der Waals surface area contributed by atoms with Crippen molar-refractivity contribution in [3.8, 4) is 16.9 Å². The largest absolute Gasteiger partial charge is 0.506 e. The van der Waals surface area contributed by atoms with E-state index in [1.54, 1.807) is 24.3 Å². The monoisotopic (exact) mass is 495 g/mol. The molecule has 5 nitrogen and oxygen atoms in total. The maximum atomic E-state index is 12.6. The van der Waals surface area contributed by atoms with Crippen LogP contribution < -0.4 is 5.32 Å². The lowest BCUT2D eigenvalue weighted by Gasteiger charge is -2.14. The number of phenols is 1. The third kappa shape index (κ3) is 5.37. The highest BCUT2D eigenvalue weighted by Crippen LogP contribution is 2.30. The van der Waals surface area contributed by atoms with Crippen LogP contribution in [0.2, 0.25) is 0 Å². The minimum absolute atomic E-state index is 0.192. The Morgan fingerprint density at radius 3 is 2.47 bits per heavy atom.